The van der Waals surface area contributed by atoms with Gasteiger partial charge in [-0.25, -0.2) is 11.1 Å². The second-order valence-corrected chi connectivity index (χ2v) is 7.17. The first-order chi connectivity index (χ1) is 11.8. The molecule has 6 heteroatoms. The Morgan fingerprint density at radius 3 is 2.24 bits per heavy atom. The fourth-order valence-corrected chi connectivity index (χ4v) is 3.55. The van der Waals surface area contributed by atoms with Gasteiger partial charge in [0, 0.05) is 34.8 Å². The van der Waals surface area contributed by atoms with E-state index >= 15 is 0 Å². The first-order valence-corrected chi connectivity index (χ1v) is 8.45. The Labute approximate surface area is 153 Å². The first kappa shape index (κ1) is 18.9. The zero-order valence-corrected chi connectivity index (χ0v) is 15.5. The van der Waals surface area contributed by atoms with Crippen molar-refractivity contribution in [3.05, 3.63) is 58.1 Å². The molecule has 0 fully saturated rings. The minimum absolute atomic E-state index is 0.117. The highest BCUT2D eigenvalue weighted by Gasteiger charge is 2.36. The van der Waals surface area contributed by atoms with Crippen LogP contribution in [0.25, 0.3) is 0 Å². The average Bonchev–Trinajstić information content (AvgIpc) is 2.57. The van der Waals surface area contributed by atoms with Crippen LogP contribution in [0.3, 0.4) is 0 Å². The largest absolute Gasteiger partial charge is 0.388 e. The predicted molar refractivity (Wildman–Crippen MR) is 104 cm³/mol. The quantitative estimate of drug-likeness (QED) is 0.338. The number of nitrogens with two attached hydrogens (primary N) is 1. The summed E-state index contributed by atoms with van der Waals surface area (Å²) in [5.74, 6) is 0.207. The molecule has 5 N–H and O–H groups in total. The van der Waals surface area contributed by atoms with E-state index < -0.39 is 0 Å². The third kappa shape index (κ3) is 3.51. The van der Waals surface area contributed by atoms with Crippen LogP contribution in [-0.2, 0) is 5.41 Å². The van der Waals surface area contributed by atoms with Gasteiger partial charge in [-0.3, -0.25) is 5.41 Å². The molecule has 0 radical (unpaired) electrons. The minimum Gasteiger partial charge on any atom is -0.388 e. The molecule has 0 bridgehead atoms. The number of anilines is 2. The molecule has 2 aromatic rings. The van der Waals surface area contributed by atoms with Crippen molar-refractivity contribution in [2.24, 2.45) is 5.73 Å². The van der Waals surface area contributed by atoms with Crippen molar-refractivity contribution in [2.45, 2.75) is 32.6 Å². The van der Waals surface area contributed by atoms with E-state index in [0.717, 1.165) is 10.7 Å². The van der Waals surface area contributed by atoms with Gasteiger partial charge in [-0.2, -0.15) is 0 Å². The van der Waals surface area contributed by atoms with Gasteiger partial charge in [-0.05, 0) is 42.3 Å². The highest BCUT2D eigenvalue weighted by atomic mass is 35.5. The van der Waals surface area contributed by atoms with Crippen LogP contribution in [-0.4, -0.2) is 12.4 Å². The lowest BCUT2D eigenvalue weighted by Crippen LogP contribution is -2.34. The maximum Gasteiger partial charge on any atom is 0.0923 e. The van der Waals surface area contributed by atoms with E-state index in [0.29, 0.717) is 13.0 Å². The molecule has 1 aliphatic heterocycles. The summed E-state index contributed by atoms with van der Waals surface area (Å²) in [6.07, 6.45) is 0.538. The molecular weight excluding hydrogens is 334 g/mol. The first-order valence-electron chi connectivity index (χ1n) is 8.07. The average molecular weight is 358 g/mol. The summed E-state index contributed by atoms with van der Waals surface area (Å²) < 4.78 is 0. The van der Waals surface area contributed by atoms with Crippen LogP contribution in [0.15, 0.2) is 36.4 Å². The highest BCUT2D eigenvalue weighted by molar-refractivity contribution is 6.30. The van der Waals surface area contributed by atoms with Crippen molar-refractivity contribution in [3.8, 4) is 0 Å². The van der Waals surface area contributed by atoms with Crippen LogP contribution in [0.4, 0.5) is 11.4 Å². The number of hydrogen-bond acceptors (Lipinski definition) is 4. The third-order valence-corrected chi connectivity index (χ3v) is 4.88. The van der Waals surface area contributed by atoms with Gasteiger partial charge >= 0.3 is 0 Å². The molecule has 0 unspecified atom stereocenters. The summed E-state index contributed by atoms with van der Waals surface area (Å²) in [5, 5.41) is 8.31. The van der Waals surface area contributed by atoms with Crippen molar-refractivity contribution in [1.29, 1.82) is 16.5 Å². The molecule has 0 aliphatic carbocycles. The molecule has 1 aliphatic rings. The molecule has 25 heavy (non-hydrogen) atoms. The summed E-state index contributed by atoms with van der Waals surface area (Å²) in [6.45, 7) is 7.28. The minimum atomic E-state index is -0.117. The number of amidine groups is 1. The number of rotatable bonds is 3. The van der Waals surface area contributed by atoms with Crippen molar-refractivity contribution in [2.75, 3.05) is 11.4 Å². The van der Waals surface area contributed by atoms with E-state index in [4.69, 9.17) is 33.8 Å². The molecule has 0 atom stereocenters. The Bertz CT molecular complexity index is 745. The smallest absolute Gasteiger partial charge is 0.0923 e. The number of nitrogens with one attached hydrogen (secondary N) is 3. The third-order valence-electron chi connectivity index (χ3n) is 4.64. The van der Waals surface area contributed by atoms with Crippen LogP contribution in [0, 0.1) is 23.4 Å². The standard InChI is InChI=1S/C19H22ClN3.H2N2/c1-12-4-6-16-14(10-12)19(2,3)15-11-13(20)5-7-17(15)23(16)9-8-18(21)22;1-2/h4-7,10-11H,8-9H2,1-3H3,(H3,21,22);1-2H. The lowest BCUT2D eigenvalue weighted by atomic mass is 9.73. The fraction of sp³-hybridized carbons (Fsp3) is 0.316. The summed E-state index contributed by atoms with van der Waals surface area (Å²) in [6, 6.07) is 12.6. The normalized spacial score (nSPS) is 14.0. The van der Waals surface area contributed by atoms with E-state index in [1.54, 1.807) is 0 Å². The fourth-order valence-electron chi connectivity index (χ4n) is 3.38. The number of aryl methyl sites for hydroxylation is 1. The van der Waals surface area contributed by atoms with Gasteiger partial charge in [-0.1, -0.05) is 43.1 Å². The molecule has 1 heterocycles. The molecule has 0 spiro atoms. The predicted octanol–water partition coefficient (Wildman–Crippen LogP) is 5.35. The van der Waals surface area contributed by atoms with E-state index in [1.807, 2.05) is 6.07 Å². The number of nitrogens with zero attached hydrogens (tertiary/aromatic N) is 1. The molecule has 132 valence electrons. The lowest BCUT2D eigenvalue weighted by Gasteiger charge is -2.42. The maximum absolute atomic E-state index is 7.56. The van der Waals surface area contributed by atoms with Gasteiger partial charge < -0.3 is 10.6 Å². The van der Waals surface area contributed by atoms with E-state index in [9.17, 15) is 0 Å². The number of fused-ring (bicyclic) bond motifs is 2. The summed E-state index contributed by atoms with van der Waals surface area (Å²) >= 11 is 6.26. The molecule has 3 rings (SSSR count). The monoisotopic (exact) mass is 357 g/mol. The number of benzene rings is 2. The van der Waals surface area contributed by atoms with E-state index in [-0.39, 0.29) is 11.3 Å². The second kappa shape index (κ2) is 7.23. The molecule has 0 aromatic heterocycles. The Morgan fingerprint density at radius 2 is 1.64 bits per heavy atom. The van der Waals surface area contributed by atoms with Crippen LogP contribution in [0.5, 0.6) is 0 Å². The highest BCUT2D eigenvalue weighted by Crippen LogP contribution is 2.49. The number of halogens is 1. The van der Waals surface area contributed by atoms with Gasteiger partial charge in [0.15, 0.2) is 0 Å². The van der Waals surface area contributed by atoms with E-state index in [2.05, 4.69) is 56.0 Å². The Kier molecular flexibility index (Phi) is 5.48. The van der Waals surface area contributed by atoms with Gasteiger partial charge in [0.05, 0.1) is 5.84 Å². The van der Waals surface area contributed by atoms with Gasteiger partial charge in [0.25, 0.3) is 0 Å². The molecule has 0 saturated heterocycles. The topological polar surface area (TPSA) is 101 Å². The Hall–Kier alpha value is -2.40. The van der Waals surface area contributed by atoms with Crippen LogP contribution < -0.4 is 10.6 Å². The second-order valence-electron chi connectivity index (χ2n) is 6.73. The van der Waals surface area contributed by atoms with Crippen LogP contribution in [0.1, 0.15) is 37.0 Å². The Morgan fingerprint density at radius 1 is 1.08 bits per heavy atom. The van der Waals surface area contributed by atoms with Gasteiger partial charge in [0.2, 0.25) is 0 Å². The van der Waals surface area contributed by atoms with Crippen molar-refractivity contribution >= 4 is 28.8 Å². The van der Waals surface area contributed by atoms with Gasteiger partial charge in [-0.15, -0.1) is 0 Å². The summed E-state index contributed by atoms with van der Waals surface area (Å²) in [7, 11) is 0. The Balaban J connectivity index is 0.00000109. The lowest BCUT2D eigenvalue weighted by molar-refractivity contribution is 0.624. The number of hydrogen-bond donors (Lipinski definition) is 4. The molecule has 5 nitrogen and oxygen atoms in total. The summed E-state index contributed by atoms with van der Waals surface area (Å²) in [5.41, 5.74) is 21.6. The van der Waals surface area contributed by atoms with Crippen LogP contribution in [0.2, 0.25) is 5.02 Å². The zero-order chi connectivity index (χ0) is 18.8. The van der Waals surface area contributed by atoms with Crippen LogP contribution >= 0.6 is 11.6 Å². The summed E-state index contributed by atoms with van der Waals surface area (Å²) in [4.78, 5) is 2.26. The molecular formula is C19H24ClN5. The van der Waals surface area contributed by atoms with Crippen molar-refractivity contribution < 1.29 is 0 Å². The van der Waals surface area contributed by atoms with E-state index in [1.165, 1.54) is 22.4 Å². The molecule has 0 amide bonds. The SMILES string of the molecule is Cc1ccc2c(c1)C(C)(C)c1cc(Cl)ccc1N2CCC(=N)N.N=N. The molecule has 2 aromatic carbocycles. The maximum atomic E-state index is 7.56. The van der Waals surface area contributed by atoms with Crippen molar-refractivity contribution in [3.63, 3.8) is 0 Å². The van der Waals surface area contributed by atoms with Gasteiger partial charge in [0.1, 0.15) is 0 Å². The van der Waals surface area contributed by atoms with Crippen molar-refractivity contribution in [1.82, 2.24) is 0 Å². The zero-order valence-electron chi connectivity index (χ0n) is 14.8. The molecule has 0 saturated carbocycles.